The van der Waals surface area contributed by atoms with Crippen LogP contribution in [0.25, 0.3) is 6.08 Å². The minimum absolute atomic E-state index is 0.303. The van der Waals surface area contributed by atoms with Gasteiger partial charge in [-0.05, 0) is 30.9 Å². The van der Waals surface area contributed by atoms with Crippen LogP contribution in [-0.4, -0.2) is 6.10 Å². The Morgan fingerprint density at radius 2 is 1.29 bits per heavy atom. The van der Waals surface area contributed by atoms with Gasteiger partial charge in [0.05, 0.1) is 6.42 Å². The number of rotatable bonds is 20. The molecule has 34 heavy (non-hydrogen) atoms. The average Bonchev–Trinajstić information content (AvgIpc) is 2.86. The molecule has 1 aromatic carbocycles. The molecule has 188 valence electrons. The lowest BCUT2D eigenvalue weighted by Gasteiger charge is -2.14. The maximum atomic E-state index is 6.47. The van der Waals surface area contributed by atoms with Crippen molar-refractivity contribution in [2.75, 3.05) is 0 Å². The molecule has 2 heteroatoms. The van der Waals surface area contributed by atoms with Gasteiger partial charge in [0.2, 0.25) is 11.9 Å². The summed E-state index contributed by atoms with van der Waals surface area (Å²) in [6.45, 7) is 4.55. The first-order valence-electron chi connectivity index (χ1n) is 14.2. The van der Waals surface area contributed by atoms with Gasteiger partial charge in [0.15, 0.2) is 6.10 Å². The Bertz CT molecular complexity index is 755. The zero-order chi connectivity index (χ0) is 24.1. The molecule has 1 atom stereocenters. The van der Waals surface area contributed by atoms with Gasteiger partial charge in [-0.2, -0.15) is 0 Å². The first-order valence-corrected chi connectivity index (χ1v) is 14.2. The van der Waals surface area contributed by atoms with Crippen molar-refractivity contribution < 1.29 is 9.57 Å². The van der Waals surface area contributed by atoms with Crippen LogP contribution in [0.3, 0.4) is 0 Å². The van der Waals surface area contributed by atoms with Crippen LogP contribution in [0, 0.1) is 0 Å². The smallest absolute Gasteiger partial charge is 0.238 e. The van der Waals surface area contributed by atoms with Gasteiger partial charge in [0.25, 0.3) is 0 Å². The summed E-state index contributed by atoms with van der Waals surface area (Å²) in [5.74, 6) is 0. The van der Waals surface area contributed by atoms with Gasteiger partial charge in [-0.25, -0.2) is 0 Å². The van der Waals surface area contributed by atoms with Gasteiger partial charge in [0.1, 0.15) is 0 Å². The van der Waals surface area contributed by atoms with Gasteiger partial charge in [-0.1, -0.05) is 133 Å². The van der Waals surface area contributed by atoms with Crippen LogP contribution >= 0.6 is 0 Å². The topological polar surface area (TPSA) is 13.1 Å². The Hall–Kier alpha value is -2.09. The van der Waals surface area contributed by atoms with Crippen LogP contribution in [-0.2, 0) is 6.42 Å². The van der Waals surface area contributed by atoms with E-state index in [0.29, 0.717) is 6.10 Å². The maximum Gasteiger partial charge on any atom is 0.238 e. The molecule has 0 saturated heterocycles. The lowest BCUT2D eigenvalue weighted by Crippen LogP contribution is -2.50. The standard InChI is InChI=1S/C32H50NO/c1-3-5-6-7-8-9-10-11-12-13-14-18-28-32(22-4-2)34-33-29-20-19-26-31(33)27-21-25-30-23-16-15-17-24-30/h15-17,19-21,23-26,29,32H,3-14,18,22,27-28H2,1-2H3/q+1. The summed E-state index contributed by atoms with van der Waals surface area (Å²) in [6.07, 6.45) is 27.9. The first kappa shape index (κ1) is 28.1. The van der Waals surface area contributed by atoms with E-state index in [4.69, 9.17) is 4.84 Å². The van der Waals surface area contributed by atoms with E-state index in [1.807, 2.05) is 4.73 Å². The van der Waals surface area contributed by atoms with Crippen LogP contribution in [0.5, 0.6) is 0 Å². The van der Waals surface area contributed by atoms with E-state index in [1.165, 1.54) is 94.7 Å². The molecule has 1 heterocycles. The lowest BCUT2D eigenvalue weighted by molar-refractivity contribution is -0.903. The van der Waals surface area contributed by atoms with Crippen LogP contribution in [0.4, 0.5) is 0 Å². The summed E-state index contributed by atoms with van der Waals surface area (Å²) in [6, 6.07) is 16.8. The number of allylic oxidation sites excluding steroid dienone is 1. The van der Waals surface area contributed by atoms with Crippen LogP contribution in [0.15, 0.2) is 60.8 Å². The van der Waals surface area contributed by atoms with Crippen molar-refractivity contribution >= 4 is 6.08 Å². The van der Waals surface area contributed by atoms with Crippen molar-refractivity contribution in [3.63, 3.8) is 0 Å². The van der Waals surface area contributed by atoms with Gasteiger partial charge < -0.3 is 0 Å². The van der Waals surface area contributed by atoms with Crippen molar-refractivity contribution in [3.05, 3.63) is 72.1 Å². The third kappa shape index (κ3) is 13.0. The maximum absolute atomic E-state index is 6.47. The van der Waals surface area contributed by atoms with Gasteiger partial charge >= 0.3 is 0 Å². The number of hydrogen-bond acceptors (Lipinski definition) is 1. The van der Waals surface area contributed by atoms with E-state index >= 15 is 0 Å². The normalized spacial score (nSPS) is 12.3. The molecule has 0 aliphatic carbocycles. The van der Waals surface area contributed by atoms with Crippen LogP contribution in [0.1, 0.15) is 121 Å². The second-order valence-electron chi connectivity index (χ2n) is 9.73. The lowest BCUT2D eigenvalue weighted by atomic mass is 10.0. The average molecular weight is 465 g/mol. The Morgan fingerprint density at radius 3 is 1.94 bits per heavy atom. The van der Waals surface area contributed by atoms with E-state index in [2.05, 4.69) is 80.7 Å². The molecule has 0 aliphatic rings. The number of pyridine rings is 1. The molecule has 0 saturated carbocycles. The highest BCUT2D eigenvalue weighted by Gasteiger charge is 2.18. The van der Waals surface area contributed by atoms with Crippen LogP contribution < -0.4 is 9.57 Å². The third-order valence-corrected chi connectivity index (χ3v) is 6.59. The summed E-state index contributed by atoms with van der Waals surface area (Å²) in [7, 11) is 0. The number of nitrogens with zero attached hydrogens (tertiary/aromatic N) is 1. The monoisotopic (exact) mass is 464 g/mol. The third-order valence-electron chi connectivity index (χ3n) is 6.59. The Balaban J connectivity index is 1.66. The minimum atomic E-state index is 0.303. The predicted octanol–water partition coefficient (Wildman–Crippen LogP) is 8.92. The SMILES string of the molecule is CCCCCCCCCCCCCCC(CCC)O[n+]1ccccc1CC=Cc1ccccc1. The number of unbranched alkanes of at least 4 members (excludes halogenated alkanes) is 11. The number of benzene rings is 1. The fraction of sp³-hybridized carbons (Fsp3) is 0.594. The van der Waals surface area contributed by atoms with Gasteiger partial charge in [0, 0.05) is 16.9 Å². The zero-order valence-electron chi connectivity index (χ0n) is 22.1. The molecule has 0 N–H and O–H groups in total. The molecule has 0 fully saturated rings. The highest BCUT2D eigenvalue weighted by molar-refractivity contribution is 5.48. The predicted molar refractivity (Wildman–Crippen MR) is 147 cm³/mol. The van der Waals surface area contributed by atoms with Crippen molar-refractivity contribution in [2.24, 2.45) is 0 Å². The van der Waals surface area contributed by atoms with Crippen LogP contribution in [0.2, 0.25) is 0 Å². The molecular formula is C32H50NO+. The van der Waals surface area contributed by atoms with Crippen molar-refractivity contribution in [2.45, 2.75) is 123 Å². The van der Waals surface area contributed by atoms with E-state index < -0.39 is 0 Å². The van der Waals surface area contributed by atoms with E-state index in [1.54, 1.807) is 0 Å². The van der Waals surface area contributed by atoms with Crippen molar-refractivity contribution in [3.8, 4) is 0 Å². The molecule has 2 aromatic rings. The highest BCUT2D eigenvalue weighted by atomic mass is 16.7. The molecule has 2 rings (SSSR count). The molecule has 0 radical (unpaired) electrons. The van der Waals surface area contributed by atoms with E-state index in [0.717, 1.165) is 19.3 Å². The van der Waals surface area contributed by atoms with Crippen molar-refractivity contribution in [1.82, 2.24) is 0 Å². The fourth-order valence-electron chi connectivity index (χ4n) is 4.55. The quantitative estimate of drug-likeness (QED) is 0.141. The molecule has 0 spiro atoms. The fourth-order valence-corrected chi connectivity index (χ4v) is 4.55. The Labute approximate surface area is 210 Å². The van der Waals surface area contributed by atoms with Gasteiger partial charge in [-0.15, -0.1) is 0 Å². The largest absolute Gasteiger partial charge is 0.268 e. The molecule has 1 unspecified atom stereocenters. The molecule has 0 amide bonds. The number of hydrogen-bond donors (Lipinski definition) is 0. The highest BCUT2D eigenvalue weighted by Crippen LogP contribution is 2.14. The summed E-state index contributed by atoms with van der Waals surface area (Å²) >= 11 is 0. The number of aromatic nitrogens is 1. The van der Waals surface area contributed by atoms with E-state index in [-0.39, 0.29) is 0 Å². The second kappa shape index (κ2) is 19.2. The Morgan fingerprint density at radius 1 is 0.676 bits per heavy atom. The summed E-state index contributed by atoms with van der Waals surface area (Å²) in [4.78, 5) is 6.47. The first-order chi connectivity index (χ1) is 16.8. The van der Waals surface area contributed by atoms with Crippen molar-refractivity contribution in [1.29, 1.82) is 0 Å². The summed E-state index contributed by atoms with van der Waals surface area (Å²) in [5.41, 5.74) is 2.44. The second-order valence-corrected chi connectivity index (χ2v) is 9.73. The Kier molecular flexibility index (Phi) is 15.9. The molecule has 1 aromatic heterocycles. The van der Waals surface area contributed by atoms with Gasteiger partial charge in [-0.3, -0.25) is 4.84 Å². The minimum Gasteiger partial charge on any atom is -0.268 e. The summed E-state index contributed by atoms with van der Waals surface area (Å²) < 4.78 is 2.01. The molecule has 2 nitrogen and oxygen atoms in total. The molecule has 0 aliphatic heterocycles. The zero-order valence-corrected chi connectivity index (χ0v) is 22.1. The molecule has 0 bridgehead atoms. The summed E-state index contributed by atoms with van der Waals surface area (Å²) in [5, 5.41) is 0. The van der Waals surface area contributed by atoms with E-state index in [9.17, 15) is 0 Å². The molecular weight excluding hydrogens is 414 g/mol.